The largest absolute Gasteiger partial charge is 0.497 e. The minimum absolute atomic E-state index is 0.808. The third kappa shape index (κ3) is 6.33. The molecule has 0 amide bonds. The fraction of sp³-hybridized carbons (Fsp3) is 0.400. The Kier molecular flexibility index (Phi) is 7.47. The van der Waals surface area contributed by atoms with Crippen LogP contribution in [0.15, 0.2) is 48.5 Å². The van der Waals surface area contributed by atoms with Gasteiger partial charge in [-0.3, -0.25) is 0 Å². The highest BCUT2D eigenvalue weighted by molar-refractivity contribution is 5.28. The van der Waals surface area contributed by atoms with Crippen LogP contribution < -0.4 is 14.8 Å². The summed E-state index contributed by atoms with van der Waals surface area (Å²) in [5.41, 5.74) is 2.51. The monoisotopic (exact) mass is 313 g/mol. The van der Waals surface area contributed by atoms with Gasteiger partial charge in [-0.05, 0) is 41.8 Å². The molecule has 0 atom stereocenters. The van der Waals surface area contributed by atoms with Crippen molar-refractivity contribution in [3.05, 3.63) is 59.7 Å². The quantitative estimate of drug-likeness (QED) is 0.653. The van der Waals surface area contributed by atoms with Crippen molar-refractivity contribution in [3.8, 4) is 11.5 Å². The molecule has 0 aliphatic rings. The van der Waals surface area contributed by atoms with E-state index in [1.165, 1.54) is 24.0 Å². The summed E-state index contributed by atoms with van der Waals surface area (Å²) in [5, 5.41) is 3.45. The zero-order chi connectivity index (χ0) is 16.3. The summed E-state index contributed by atoms with van der Waals surface area (Å²) in [4.78, 5) is 0. The molecule has 0 aromatic heterocycles. The Morgan fingerprint density at radius 1 is 0.783 bits per heavy atom. The first-order valence-electron chi connectivity index (χ1n) is 8.37. The maximum Gasteiger partial charge on any atom is 0.119 e. The van der Waals surface area contributed by atoms with Crippen LogP contribution in [-0.4, -0.2) is 13.7 Å². The first kappa shape index (κ1) is 17.4. The van der Waals surface area contributed by atoms with Gasteiger partial charge in [-0.1, -0.05) is 44.0 Å². The number of methoxy groups -OCH3 is 1. The maximum absolute atomic E-state index is 5.73. The van der Waals surface area contributed by atoms with E-state index in [9.17, 15) is 0 Å². The summed E-state index contributed by atoms with van der Waals surface area (Å²) >= 11 is 0. The van der Waals surface area contributed by atoms with E-state index in [4.69, 9.17) is 9.47 Å². The Balaban J connectivity index is 1.70. The Hall–Kier alpha value is -2.00. The summed E-state index contributed by atoms with van der Waals surface area (Å²) in [7, 11) is 1.68. The van der Waals surface area contributed by atoms with Gasteiger partial charge in [-0.25, -0.2) is 0 Å². The highest BCUT2D eigenvalue weighted by Crippen LogP contribution is 2.14. The van der Waals surface area contributed by atoms with Crippen LogP contribution in [0, 0.1) is 0 Å². The minimum Gasteiger partial charge on any atom is -0.497 e. The lowest BCUT2D eigenvalue weighted by atomic mass is 10.2. The van der Waals surface area contributed by atoms with Crippen LogP contribution in [0.2, 0.25) is 0 Å². The number of hydrogen-bond donors (Lipinski definition) is 1. The summed E-state index contributed by atoms with van der Waals surface area (Å²) < 4.78 is 10.9. The Labute approximate surface area is 139 Å². The average Bonchev–Trinajstić information content (AvgIpc) is 2.60. The van der Waals surface area contributed by atoms with E-state index >= 15 is 0 Å². The Bertz CT molecular complexity index is 549. The molecule has 1 N–H and O–H groups in total. The van der Waals surface area contributed by atoms with Crippen molar-refractivity contribution < 1.29 is 9.47 Å². The lowest BCUT2D eigenvalue weighted by Crippen LogP contribution is -2.12. The molecular formula is C20H27NO2. The van der Waals surface area contributed by atoms with Gasteiger partial charge in [0.25, 0.3) is 0 Å². The van der Waals surface area contributed by atoms with E-state index in [2.05, 4.69) is 48.6 Å². The number of unbranched alkanes of at least 4 members (excludes halogenated alkanes) is 2. The highest BCUT2D eigenvalue weighted by Gasteiger charge is 1.98. The van der Waals surface area contributed by atoms with Gasteiger partial charge in [0.05, 0.1) is 13.7 Å². The number of ether oxygens (including phenoxy) is 2. The third-order valence-corrected chi connectivity index (χ3v) is 3.76. The molecule has 0 saturated carbocycles. The van der Waals surface area contributed by atoms with Gasteiger partial charge in [0.1, 0.15) is 11.5 Å². The van der Waals surface area contributed by atoms with Crippen LogP contribution in [-0.2, 0) is 13.1 Å². The topological polar surface area (TPSA) is 30.5 Å². The molecule has 0 unspecified atom stereocenters. The fourth-order valence-electron chi connectivity index (χ4n) is 2.34. The van der Waals surface area contributed by atoms with Crippen molar-refractivity contribution in [2.75, 3.05) is 13.7 Å². The standard InChI is InChI=1S/C20H27NO2/c1-3-4-5-14-23-20-12-8-18(9-13-20)16-21-15-17-6-10-19(22-2)11-7-17/h6-13,21H,3-5,14-16H2,1-2H3. The van der Waals surface area contributed by atoms with E-state index in [0.29, 0.717) is 0 Å². The minimum atomic E-state index is 0.808. The van der Waals surface area contributed by atoms with Crippen molar-refractivity contribution in [3.63, 3.8) is 0 Å². The SMILES string of the molecule is CCCCCOc1ccc(CNCc2ccc(OC)cc2)cc1. The second-order valence-electron chi connectivity index (χ2n) is 5.65. The van der Waals surface area contributed by atoms with Crippen LogP contribution in [0.4, 0.5) is 0 Å². The molecule has 0 aliphatic carbocycles. The molecule has 2 aromatic rings. The molecule has 2 aromatic carbocycles. The van der Waals surface area contributed by atoms with Crippen molar-refractivity contribution in [2.45, 2.75) is 39.3 Å². The summed E-state index contributed by atoms with van der Waals surface area (Å²) in [6.07, 6.45) is 3.58. The van der Waals surface area contributed by atoms with Crippen LogP contribution in [0.5, 0.6) is 11.5 Å². The zero-order valence-electron chi connectivity index (χ0n) is 14.2. The molecule has 2 rings (SSSR count). The second kappa shape index (κ2) is 9.90. The van der Waals surface area contributed by atoms with Gasteiger partial charge in [0, 0.05) is 13.1 Å². The van der Waals surface area contributed by atoms with E-state index < -0.39 is 0 Å². The van der Waals surface area contributed by atoms with E-state index in [1.807, 2.05) is 12.1 Å². The van der Waals surface area contributed by atoms with Crippen LogP contribution in [0.3, 0.4) is 0 Å². The number of hydrogen-bond acceptors (Lipinski definition) is 3. The van der Waals surface area contributed by atoms with E-state index in [-0.39, 0.29) is 0 Å². The molecule has 0 saturated heterocycles. The molecule has 0 aliphatic heterocycles. The van der Waals surface area contributed by atoms with Gasteiger partial charge >= 0.3 is 0 Å². The molecule has 0 radical (unpaired) electrons. The normalized spacial score (nSPS) is 10.5. The molecule has 3 heteroatoms. The van der Waals surface area contributed by atoms with Gasteiger partial charge in [0.2, 0.25) is 0 Å². The van der Waals surface area contributed by atoms with Gasteiger partial charge in [-0.15, -0.1) is 0 Å². The number of benzene rings is 2. The lowest BCUT2D eigenvalue weighted by Gasteiger charge is -2.08. The Morgan fingerprint density at radius 2 is 1.35 bits per heavy atom. The molecule has 0 fully saturated rings. The lowest BCUT2D eigenvalue weighted by molar-refractivity contribution is 0.306. The van der Waals surface area contributed by atoms with Crippen molar-refractivity contribution >= 4 is 0 Å². The smallest absolute Gasteiger partial charge is 0.119 e. The van der Waals surface area contributed by atoms with Crippen LogP contribution >= 0.6 is 0 Å². The van der Waals surface area contributed by atoms with Crippen LogP contribution in [0.1, 0.15) is 37.3 Å². The van der Waals surface area contributed by atoms with Crippen molar-refractivity contribution in [1.29, 1.82) is 0 Å². The molecular weight excluding hydrogens is 286 g/mol. The third-order valence-electron chi connectivity index (χ3n) is 3.76. The first-order chi connectivity index (χ1) is 11.3. The summed E-state index contributed by atoms with van der Waals surface area (Å²) in [6, 6.07) is 16.5. The number of nitrogens with one attached hydrogen (secondary N) is 1. The van der Waals surface area contributed by atoms with E-state index in [0.717, 1.165) is 37.6 Å². The average molecular weight is 313 g/mol. The molecule has 3 nitrogen and oxygen atoms in total. The second-order valence-corrected chi connectivity index (χ2v) is 5.65. The molecule has 124 valence electrons. The molecule has 0 bridgehead atoms. The van der Waals surface area contributed by atoms with Crippen molar-refractivity contribution in [1.82, 2.24) is 5.32 Å². The summed E-state index contributed by atoms with van der Waals surface area (Å²) in [6.45, 7) is 4.71. The Morgan fingerprint density at radius 3 is 1.87 bits per heavy atom. The number of rotatable bonds is 10. The fourth-order valence-corrected chi connectivity index (χ4v) is 2.34. The van der Waals surface area contributed by atoms with Gasteiger partial charge in [0.15, 0.2) is 0 Å². The van der Waals surface area contributed by atoms with Crippen LogP contribution in [0.25, 0.3) is 0 Å². The van der Waals surface area contributed by atoms with Crippen molar-refractivity contribution in [2.24, 2.45) is 0 Å². The molecule has 0 heterocycles. The van der Waals surface area contributed by atoms with E-state index in [1.54, 1.807) is 7.11 Å². The predicted molar refractivity (Wildman–Crippen MR) is 95.0 cm³/mol. The predicted octanol–water partition coefficient (Wildman–Crippen LogP) is 4.55. The zero-order valence-corrected chi connectivity index (χ0v) is 14.2. The molecule has 23 heavy (non-hydrogen) atoms. The van der Waals surface area contributed by atoms with Gasteiger partial charge in [-0.2, -0.15) is 0 Å². The maximum atomic E-state index is 5.73. The highest BCUT2D eigenvalue weighted by atomic mass is 16.5. The van der Waals surface area contributed by atoms with Gasteiger partial charge < -0.3 is 14.8 Å². The first-order valence-corrected chi connectivity index (χ1v) is 8.37. The summed E-state index contributed by atoms with van der Waals surface area (Å²) in [5.74, 6) is 1.85. The molecule has 0 spiro atoms.